The second-order valence-corrected chi connectivity index (χ2v) is 4.64. The lowest BCUT2D eigenvalue weighted by atomic mass is 9.98. The molecule has 0 fully saturated rings. The number of aromatic nitrogens is 1. The molecular formula is C16H18FNS. The lowest BCUT2D eigenvalue weighted by Gasteiger charge is -2.08. The molecule has 0 saturated carbocycles. The lowest BCUT2D eigenvalue weighted by molar-refractivity contribution is 0.625. The van der Waals surface area contributed by atoms with E-state index in [1.165, 1.54) is 12.1 Å². The maximum atomic E-state index is 13.6. The van der Waals surface area contributed by atoms with E-state index in [-0.39, 0.29) is 5.82 Å². The number of thiazole rings is 1. The van der Waals surface area contributed by atoms with Crippen molar-refractivity contribution in [3.8, 4) is 11.3 Å². The van der Waals surface area contributed by atoms with Crippen molar-refractivity contribution >= 4 is 23.5 Å². The zero-order valence-corrected chi connectivity index (χ0v) is 12.4. The number of rotatable bonds is 3. The van der Waals surface area contributed by atoms with E-state index < -0.39 is 0 Å². The van der Waals surface area contributed by atoms with Crippen molar-refractivity contribution in [2.24, 2.45) is 0 Å². The molecule has 0 atom stereocenters. The second kappa shape index (κ2) is 7.00. The quantitative estimate of drug-likeness (QED) is 0.713. The molecule has 0 bridgehead atoms. The largest absolute Gasteiger partial charge is 0.242 e. The summed E-state index contributed by atoms with van der Waals surface area (Å²) in [4.78, 5) is 4.41. The van der Waals surface area contributed by atoms with Gasteiger partial charge in [-0.1, -0.05) is 39.2 Å². The van der Waals surface area contributed by atoms with Crippen LogP contribution in [0.25, 0.3) is 23.4 Å². The fourth-order valence-electron chi connectivity index (χ4n) is 1.75. The average molecular weight is 275 g/mol. The molecule has 0 aliphatic heterocycles. The van der Waals surface area contributed by atoms with E-state index in [9.17, 15) is 4.39 Å². The van der Waals surface area contributed by atoms with Crippen LogP contribution in [0.5, 0.6) is 0 Å². The predicted molar refractivity (Wildman–Crippen MR) is 83.8 cm³/mol. The van der Waals surface area contributed by atoms with Crippen molar-refractivity contribution in [2.75, 3.05) is 0 Å². The molecule has 1 aromatic carbocycles. The minimum atomic E-state index is -0.286. The topological polar surface area (TPSA) is 12.9 Å². The van der Waals surface area contributed by atoms with E-state index in [4.69, 9.17) is 0 Å². The van der Waals surface area contributed by atoms with E-state index in [1.807, 2.05) is 26.2 Å². The van der Waals surface area contributed by atoms with Gasteiger partial charge in [0.15, 0.2) is 0 Å². The van der Waals surface area contributed by atoms with E-state index in [2.05, 4.69) is 18.1 Å². The van der Waals surface area contributed by atoms with Gasteiger partial charge in [0.2, 0.25) is 0 Å². The Morgan fingerprint density at radius 3 is 2.26 bits per heavy atom. The molecule has 2 rings (SSSR count). The van der Waals surface area contributed by atoms with Gasteiger partial charge in [-0.2, -0.15) is 0 Å². The first-order valence-electron chi connectivity index (χ1n) is 6.17. The van der Waals surface area contributed by atoms with Crippen LogP contribution in [-0.2, 0) is 0 Å². The Hall–Kier alpha value is -1.74. The van der Waals surface area contributed by atoms with E-state index >= 15 is 0 Å². The first kappa shape index (κ1) is 15.3. The lowest BCUT2D eigenvalue weighted by Crippen LogP contribution is -1.92. The Morgan fingerprint density at radius 1 is 1.16 bits per heavy atom. The molecule has 1 aromatic heterocycles. The second-order valence-electron chi connectivity index (χ2n) is 3.58. The molecule has 0 aliphatic carbocycles. The minimum absolute atomic E-state index is 0.286. The molecule has 19 heavy (non-hydrogen) atoms. The van der Waals surface area contributed by atoms with Gasteiger partial charge in [0, 0.05) is 16.5 Å². The molecule has 0 saturated heterocycles. The molecule has 3 heteroatoms. The summed E-state index contributed by atoms with van der Waals surface area (Å²) in [6, 6.07) is 3.17. The van der Waals surface area contributed by atoms with Crippen molar-refractivity contribution in [2.45, 2.75) is 20.8 Å². The number of nitrogens with zero attached hydrogens (tertiary/aromatic N) is 1. The summed E-state index contributed by atoms with van der Waals surface area (Å²) in [5, 5.41) is 2.95. The van der Waals surface area contributed by atoms with Crippen molar-refractivity contribution in [1.82, 2.24) is 4.98 Å². The molecule has 0 unspecified atom stereocenters. The number of halogens is 1. The third kappa shape index (κ3) is 3.18. The first-order valence-corrected chi connectivity index (χ1v) is 7.05. The summed E-state index contributed by atoms with van der Waals surface area (Å²) >= 11 is 1.57. The van der Waals surface area contributed by atoms with Gasteiger partial charge in [-0.3, -0.25) is 0 Å². The van der Waals surface area contributed by atoms with Crippen LogP contribution < -0.4 is 0 Å². The molecule has 0 aliphatic rings. The van der Waals surface area contributed by atoms with Crippen LogP contribution in [0.4, 0.5) is 4.39 Å². The van der Waals surface area contributed by atoms with Crippen molar-refractivity contribution in [3.05, 3.63) is 52.6 Å². The number of benzene rings is 1. The number of aryl methyl sites for hydroxylation is 1. The van der Waals surface area contributed by atoms with Gasteiger partial charge >= 0.3 is 0 Å². The highest BCUT2D eigenvalue weighted by Crippen LogP contribution is 2.30. The molecule has 0 amide bonds. The van der Waals surface area contributed by atoms with Gasteiger partial charge in [0.05, 0.1) is 10.7 Å². The highest BCUT2D eigenvalue weighted by molar-refractivity contribution is 7.09. The summed E-state index contributed by atoms with van der Waals surface area (Å²) < 4.78 is 13.6. The highest BCUT2D eigenvalue weighted by atomic mass is 32.1. The standard InChI is InChI=1S/C14H12FNS.C2H6/c1-4-10-11(5-2)13(15)7-6-12(10)14-8-17-9(3)16-14;1-2/h4-8H,1-2H2,3H3;1-2H3. The monoisotopic (exact) mass is 275 g/mol. The molecule has 2 aromatic rings. The van der Waals surface area contributed by atoms with Crippen LogP contribution in [-0.4, -0.2) is 4.98 Å². The molecular weight excluding hydrogens is 257 g/mol. The van der Waals surface area contributed by atoms with Gasteiger partial charge in [-0.05, 0) is 24.6 Å². The summed E-state index contributed by atoms with van der Waals surface area (Å²) in [6.07, 6.45) is 3.15. The molecule has 100 valence electrons. The summed E-state index contributed by atoms with van der Waals surface area (Å²) in [5.74, 6) is -0.286. The molecule has 1 nitrogen and oxygen atoms in total. The number of hydrogen-bond donors (Lipinski definition) is 0. The number of hydrogen-bond acceptors (Lipinski definition) is 2. The van der Waals surface area contributed by atoms with Crippen molar-refractivity contribution in [3.63, 3.8) is 0 Å². The van der Waals surface area contributed by atoms with Crippen LogP contribution in [0.1, 0.15) is 30.0 Å². The fourth-order valence-corrected chi connectivity index (χ4v) is 2.36. The molecule has 0 spiro atoms. The van der Waals surface area contributed by atoms with Crippen molar-refractivity contribution in [1.29, 1.82) is 0 Å². The van der Waals surface area contributed by atoms with Gasteiger partial charge in [0.25, 0.3) is 0 Å². The Morgan fingerprint density at radius 2 is 1.79 bits per heavy atom. The Kier molecular flexibility index (Phi) is 5.64. The predicted octanol–water partition coefficient (Wildman–Crippen LogP) is 5.57. The van der Waals surface area contributed by atoms with Gasteiger partial charge in [-0.15, -0.1) is 11.3 Å². The third-order valence-corrected chi connectivity index (χ3v) is 3.31. The maximum Gasteiger partial charge on any atom is 0.131 e. The van der Waals surface area contributed by atoms with Gasteiger partial charge in [-0.25, -0.2) is 9.37 Å². The van der Waals surface area contributed by atoms with E-state index in [0.717, 1.165) is 21.8 Å². The highest BCUT2D eigenvalue weighted by Gasteiger charge is 2.12. The Balaban J connectivity index is 0.000000861. The normalized spacial score (nSPS) is 9.47. The summed E-state index contributed by atoms with van der Waals surface area (Å²) in [7, 11) is 0. The minimum Gasteiger partial charge on any atom is -0.242 e. The third-order valence-electron chi connectivity index (χ3n) is 2.54. The SMILES string of the molecule is C=Cc1c(F)ccc(-c2csc(C)n2)c1C=C.CC. The van der Waals surface area contributed by atoms with Gasteiger partial charge in [0.1, 0.15) is 5.82 Å². The van der Waals surface area contributed by atoms with Crippen LogP contribution in [0, 0.1) is 12.7 Å². The zero-order chi connectivity index (χ0) is 14.4. The Labute approximate surface area is 118 Å². The van der Waals surface area contributed by atoms with Crippen LogP contribution >= 0.6 is 11.3 Å². The molecule has 1 heterocycles. The zero-order valence-electron chi connectivity index (χ0n) is 11.5. The van der Waals surface area contributed by atoms with Crippen molar-refractivity contribution < 1.29 is 4.39 Å². The average Bonchev–Trinajstić information content (AvgIpc) is 2.87. The van der Waals surface area contributed by atoms with Crippen LogP contribution in [0.15, 0.2) is 30.7 Å². The fraction of sp³-hybridized carbons (Fsp3) is 0.188. The summed E-state index contributed by atoms with van der Waals surface area (Å²) in [5.41, 5.74) is 2.96. The van der Waals surface area contributed by atoms with Gasteiger partial charge < -0.3 is 0 Å². The summed E-state index contributed by atoms with van der Waals surface area (Å²) in [6.45, 7) is 13.3. The Bertz CT molecular complexity index is 584. The van der Waals surface area contributed by atoms with Crippen LogP contribution in [0.3, 0.4) is 0 Å². The molecule has 0 N–H and O–H groups in total. The molecule has 0 radical (unpaired) electrons. The maximum absolute atomic E-state index is 13.6. The van der Waals surface area contributed by atoms with E-state index in [1.54, 1.807) is 23.5 Å². The van der Waals surface area contributed by atoms with Crippen LogP contribution in [0.2, 0.25) is 0 Å². The smallest absolute Gasteiger partial charge is 0.131 e. The van der Waals surface area contributed by atoms with E-state index in [0.29, 0.717) is 5.56 Å². The first-order chi connectivity index (χ1) is 9.17.